The molecule has 0 aliphatic rings. The lowest BCUT2D eigenvalue weighted by Crippen LogP contribution is -2.26. The minimum Gasteiger partial charge on any atom is -0.370 e. The largest absolute Gasteiger partial charge is 0.370 e. The van der Waals surface area contributed by atoms with Crippen LogP contribution in [0, 0.1) is 13.8 Å². The molecule has 8 heteroatoms. The van der Waals surface area contributed by atoms with Gasteiger partial charge >= 0.3 is 0 Å². The molecular weight excluding hydrogens is 292 g/mol. The van der Waals surface area contributed by atoms with Gasteiger partial charge in [-0.05, 0) is 44.2 Å². The summed E-state index contributed by atoms with van der Waals surface area (Å²) in [6, 6.07) is 9.33. The Kier molecular flexibility index (Phi) is 4.75. The van der Waals surface area contributed by atoms with Crippen LogP contribution in [-0.2, 0) is 0 Å². The number of aliphatic imine (C=N–C) groups is 2. The number of hydrogen-bond donors (Lipinski definition) is 3. The number of nitrogens with two attached hydrogens (primary N) is 3. The van der Waals surface area contributed by atoms with Crippen molar-refractivity contribution in [2.45, 2.75) is 13.8 Å². The van der Waals surface area contributed by atoms with Crippen LogP contribution >= 0.6 is 0 Å². The third kappa shape index (κ3) is 4.40. The first-order valence-corrected chi connectivity index (χ1v) is 6.95. The molecule has 1 aromatic heterocycles. The molecule has 0 amide bonds. The standard InChI is InChI=1S/C15H20N8/c1-9-8-10(2)20-15(19-9)23(3)12-6-4-11(5-7-12)21-14(18)22-13(16)17/h4-8H,1-3H3,(H6,16,17,18,21,22). The van der Waals surface area contributed by atoms with Crippen LogP contribution in [0.4, 0.5) is 17.3 Å². The van der Waals surface area contributed by atoms with E-state index in [4.69, 9.17) is 17.2 Å². The average molecular weight is 312 g/mol. The second-order valence-electron chi connectivity index (χ2n) is 5.03. The first kappa shape index (κ1) is 16.2. The zero-order chi connectivity index (χ0) is 17.0. The van der Waals surface area contributed by atoms with Gasteiger partial charge in [-0.2, -0.15) is 4.99 Å². The summed E-state index contributed by atoms with van der Waals surface area (Å²) >= 11 is 0. The van der Waals surface area contributed by atoms with Crippen LogP contribution in [0.1, 0.15) is 11.4 Å². The molecule has 2 rings (SSSR count). The molecule has 0 aliphatic heterocycles. The van der Waals surface area contributed by atoms with E-state index in [1.807, 2.05) is 56.1 Å². The molecule has 6 N–H and O–H groups in total. The van der Waals surface area contributed by atoms with Crippen LogP contribution in [0.25, 0.3) is 0 Å². The maximum atomic E-state index is 5.60. The number of benzene rings is 1. The highest BCUT2D eigenvalue weighted by molar-refractivity contribution is 5.93. The smallest absolute Gasteiger partial charge is 0.230 e. The van der Waals surface area contributed by atoms with E-state index >= 15 is 0 Å². The number of anilines is 2. The number of nitrogens with zero attached hydrogens (tertiary/aromatic N) is 5. The summed E-state index contributed by atoms with van der Waals surface area (Å²) in [7, 11) is 1.90. The number of guanidine groups is 2. The van der Waals surface area contributed by atoms with Gasteiger partial charge in [-0.3, -0.25) is 0 Å². The van der Waals surface area contributed by atoms with Gasteiger partial charge in [0.05, 0.1) is 5.69 Å². The van der Waals surface area contributed by atoms with Crippen LogP contribution in [-0.4, -0.2) is 28.9 Å². The Bertz CT molecular complexity index is 724. The molecule has 0 radical (unpaired) electrons. The molecule has 0 unspecified atom stereocenters. The van der Waals surface area contributed by atoms with Crippen LogP contribution in [0.15, 0.2) is 40.3 Å². The van der Waals surface area contributed by atoms with Gasteiger partial charge < -0.3 is 22.1 Å². The predicted molar refractivity (Wildman–Crippen MR) is 93.1 cm³/mol. The van der Waals surface area contributed by atoms with Crippen LogP contribution in [0.2, 0.25) is 0 Å². The summed E-state index contributed by atoms with van der Waals surface area (Å²) < 4.78 is 0. The van der Waals surface area contributed by atoms with E-state index in [1.54, 1.807) is 0 Å². The lowest BCUT2D eigenvalue weighted by Gasteiger charge is -2.18. The van der Waals surface area contributed by atoms with Crippen molar-refractivity contribution >= 4 is 29.2 Å². The molecule has 0 fully saturated rings. The average Bonchev–Trinajstić information content (AvgIpc) is 2.45. The summed E-state index contributed by atoms with van der Waals surface area (Å²) in [5.41, 5.74) is 19.5. The molecule has 2 aromatic rings. The summed E-state index contributed by atoms with van der Waals surface area (Å²) in [5, 5.41) is 0. The molecule has 1 aromatic carbocycles. The van der Waals surface area contributed by atoms with Crippen molar-refractivity contribution in [3.05, 3.63) is 41.7 Å². The lowest BCUT2D eigenvalue weighted by molar-refractivity contribution is 0.986. The predicted octanol–water partition coefficient (Wildman–Crippen LogP) is 1.08. The van der Waals surface area contributed by atoms with Gasteiger partial charge in [-0.25, -0.2) is 15.0 Å². The molecule has 1 heterocycles. The Hall–Kier alpha value is -3.16. The topological polar surface area (TPSA) is 132 Å². The van der Waals surface area contributed by atoms with Gasteiger partial charge in [0.1, 0.15) is 0 Å². The van der Waals surface area contributed by atoms with Crippen molar-refractivity contribution in [2.75, 3.05) is 11.9 Å². The van der Waals surface area contributed by atoms with Crippen molar-refractivity contribution in [3.63, 3.8) is 0 Å². The van der Waals surface area contributed by atoms with Gasteiger partial charge in [-0.15, -0.1) is 0 Å². The normalized spacial score (nSPS) is 11.2. The van der Waals surface area contributed by atoms with Gasteiger partial charge in [-0.1, -0.05) is 0 Å². The van der Waals surface area contributed by atoms with E-state index in [0.717, 1.165) is 17.1 Å². The zero-order valence-electron chi connectivity index (χ0n) is 13.4. The molecule has 0 saturated carbocycles. The molecule has 0 spiro atoms. The van der Waals surface area contributed by atoms with E-state index in [0.29, 0.717) is 11.6 Å². The zero-order valence-corrected chi connectivity index (χ0v) is 13.4. The fourth-order valence-electron chi connectivity index (χ4n) is 2.01. The van der Waals surface area contributed by atoms with E-state index in [1.165, 1.54) is 0 Å². The fraction of sp³-hybridized carbons (Fsp3) is 0.200. The van der Waals surface area contributed by atoms with Gasteiger partial charge in [0.15, 0.2) is 5.96 Å². The first-order chi connectivity index (χ1) is 10.8. The Balaban J connectivity index is 2.23. The van der Waals surface area contributed by atoms with E-state index in [2.05, 4.69) is 20.0 Å². The lowest BCUT2D eigenvalue weighted by atomic mass is 10.2. The van der Waals surface area contributed by atoms with Gasteiger partial charge in [0.25, 0.3) is 0 Å². The van der Waals surface area contributed by atoms with Crippen LogP contribution < -0.4 is 22.1 Å². The van der Waals surface area contributed by atoms with Crippen molar-refractivity contribution in [2.24, 2.45) is 27.2 Å². The summed E-state index contributed by atoms with van der Waals surface area (Å²) in [6.07, 6.45) is 0. The molecule has 0 bridgehead atoms. The molecule has 0 atom stereocenters. The van der Waals surface area contributed by atoms with Crippen molar-refractivity contribution in [1.82, 2.24) is 9.97 Å². The molecule has 23 heavy (non-hydrogen) atoms. The highest BCUT2D eigenvalue weighted by Gasteiger charge is 2.08. The van der Waals surface area contributed by atoms with Crippen molar-refractivity contribution in [1.29, 1.82) is 0 Å². The number of rotatable bonds is 3. The number of aryl methyl sites for hydroxylation is 2. The molecule has 120 valence electrons. The summed E-state index contributed by atoms with van der Waals surface area (Å²) in [4.78, 5) is 18.5. The van der Waals surface area contributed by atoms with Crippen LogP contribution in [0.5, 0.6) is 0 Å². The van der Waals surface area contributed by atoms with Crippen LogP contribution in [0.3, 0.4) is 0 Å². The highest BCUT2D eigenvalue weighted by atomic mass is 15.2. The Labute approximate surface area is 134 Å². The third-order valence-corrected chi connectivity index (χ3v) is 2.99. The first-order valence-electron chi connectivity index (χ1n) is 6.95. The molecule has 8 nitrogen and oxygen atoms in total. The quantitative estimate of drug-likeness (QED) is 0.574. The molecule has 0 aliphatic carbocycles. The minimum atomic E-state index is -0.130. The Morgan fingerprint density at radius 2 is 1.57 bits per heavy atom. The monoisotopic (exact) mass is 312 g/mol. The van der Waals surface area contributed by atoms with Crippen molar-refractivity contribution < 1.29 is 0 Å². The summed E-state index contributed by atoms with van der Waals surface area (Å²) in [5.74, 6) is 0.511. The molecule has 0 saturated heterocycles. The second kappa shape index (κ2) is 6.73. The number of hydrogen-bond acceptors (Lipinski definition) is 4. The summed E-state index contributed by atoms with van der Waals surface area (Å²) in [6.45, 7) is 3.88. The van der Waals surface area contributed by atoms with Gasteiger partial charge in [0, 0.05) is 24.1 Å². The SMILES string of the molecule is Cc1cc(C)nc(N(C)c2ccc(N=C(N)N=C(N)N)cc2)n1. The maximum absolute atomic E-state index is 5.60. The highest BCUT2D eigenvalue weighted by Crippen LogP contribution is 2.23. The molecular formula is C15H20N8. The van der Waals surface area contributed by atoms with E-state index in [-0.39, 0.29) is 11.9 Å². The minimum absolute atomic E-state index is 0.00347. The maximum Gasteiger partial charge on any atom is 0.230 e. The number of aromatic nitrogens is 2. The van der Waals surface area contributed by atoms with E-state index < -0.39 is 0 Å². The Morgan fingerprint density at radius 1 is 1.00 bits per heavy atom. The second-order valence-corrected chi connectivity index (χ2v) is 5.03. The Morgan fingerprint density at radius 3 is 2.09 bits per heavy atom. The van der Waals surface area contributed by atoms with Crippen molar-refractivity contribution in [3.8, 4) is 0 Å². The fourth-order valence-corrected chi connectivity index (χ4v) is 2.01. The third-order valence-electron chi connectivity index (χ3n) is 2.99. The van der Waals surface area contributed by atoms with Gasteiger partial charge in [0.2, 0.25) is 11.9 Å². The van der Waals surface area contributed by atoms with E-state index in [9.17, 15) is 0 Å².